The maximum absolute atomic E-state index is 12.0. The molecule has 2 aromatic rings. The maximum atomic E-state index is 12.0. The van der Waals surface area contributed by atoms with Crippen LogP contribution in [0.1, 0.15) is 37.1 Å². The fraction of sp³-hybridized carbons (Fsp3) is 0.368. The highest BCUT2D eigenvalue weighted by Gasteiger charge is 2.22. The van der Waals surface area contributed by atoms with Crippen molar-refractivity contribution in [2.75, 3.05) is 13.7 Å². The van der Waals surface area contributed by atoms with Crippen molar-refractivity contribution < 1.29 is 23.5 Å². The van der Waals surface area contributed by atoms with E-state index in [4.69, 9.17) is 13.9 Å². The first kappa shape index (κ1) is 18.6. The number of furan rings is 1. The molecular weight excluding hydrogens is 322 g/mol. The van der Waals surface area contributed by atoms with E-state index in [0.717, 1.165) is 0 Å². The summed E-state index contributed by atoms with van der Waals surface area (Å²) in [5.41, 5.74) is -0.494. The monoisotopic (exact) mass is 345 g/mol. The molecule has 0 bridgehead atoms. The van der Waals surface area contributed by atoms with Gasteiger partial charge in [-0.1, -0.05) is 26.8 Å². The van der Waals surface area contributed by atoms with Crippen molar-refractivity contribution in [3.8, 4) is 11.5 Å². The van der Waals surface area contributed by atoms with E-state index in [-0.39, 0.29) is 24.7 Å². The highest BCUT2D eigenvalue weighted by atomic mass is 16.5. The van der Waals surface area contributed by atoms with Gasteiger partial charge >= 0.3 is 0 Å². The van der Waals surface area contributed by atoms with Gasteiger partial charge in [-0.2, -0.15) is 0 Å². The van der Waals surface area contributed by atoms with Gasteiger partial charge in [-0.15, -0.1) is 0 Å². The minimum Gasteiger partial charge on any atom is -0.497 e. The van der Waals surface area contributed by atoms with Crippen molar-refractivity contribution in [1.29, 1.82) is 0 Å². The van der Waals surface area contributed by atoms with Gasteiger partial charge in [-0.25, -0.2) is 0 Å². The number of hydrogen-bond acceptors (Lipinski definition) is 5. The van der Waals surface area contributed by atoms with E-state index in [1.165, 1.54) is 0 Å². The summed E-state index contributed by atoms with van der Waals surface area (Å²) in [6, 6.07) is 10.4. The van der Waals surface area contributed by atoms with Crippen molar-refractivity contribution >= 4 is 11.7 Å². The third kappa shape index (κ3) is 5.38. The number of carbonyl (C=O) groups is 2. The van der Waals surface area contributed by atoms with Gasteiger partial charge in [0.15, 0.2) is 11.5 Å². The molecule has 1 N–H and O–H groups in total. The Hall–Kier alpha value is -2.76. The normalized spacial score (nSPS) is 11.0. The van der Waals surface area contributed by atoms with Crippen LogP contribution < -0.4 is 14.8 Å². The van der Waals surface area contributed by atoms with Crippen LogP contribution in [0.2, 0.25) is 0 Å². The number of methoxy groups -OCH3 is 1. The number of nitrogens with one attached hydrogen (secondary N) is 1. The van der Waals surface area contributed by atoms with E-state index in [0.29, 0.717) is 17.3 Å². The van der Waals surface area contributed by atoms with Crippen LogP contribution in [0.15, 0.2) is 40.8 Å². The minimum absolute atomic E-state index is 0.0291. The molecule has 0 atom stereocenters. The van der Waals surface area contributed by atoms with Gasteiger partial charge in [0.2, 0.25) is 0 Å². The van der Waals surface area contributed by atoms with Gasteiger partial charge in [0, 0.05) is 11.5 Å². The van der Waals surface area contributed by atoms with Crippen molar-refractivity contribution in [3.63, 3.8) is 0 Å². The molecule has 1 amide bonds. The standard InChI is InChI=1S/C19H23NO5/c1-19(2,3)17(21)11-20-18(22)16-9-8-15(25-16)12-24-14-7-5-6-13(10-14)23-4/h5-10H,11-12H2,1-4H3,(H,20,22). The van der Waals surface area contributed by atoms with E-state index < -0.39 is 11.3 Å². The van der Waals surface area contributed by atoms with Gasteiger partial charge in [0.25, 0.3) is 5.91 Å². The molecule has 0 radical (unpaired) electrons. The first-order valence-corrected chi connectivity index (χ1v) is 7.96. The summed E-state index contributed by atoms with van der Waals surface area (Å²) >= 11 is 0. The molecule has 0 aliphatic heterocycles. The Morgan fingerprint density at radius 2 is 1.84 bits per heavy atom. The van der Waals surface area contributed by atoms with Crippen molar-refractivity contribution in [3.05, 3.63) is 47.9 Å². The quantitative estimate of drug-likeness (QED) is 0.834. The highest BCUT2D eigenvalue weighted by molar-refractivity contribution is 5.95. The molecule has 0 aliphatic rings. The Morgan fingerprint density at radius 1 is 1.12 bits per heavy atom. The van der Waals surface area contributed by atoms with Gasteiger partial charge in [-0.05, 0) is 24.3 Å². The van der Waals surface area contributed by atoms with Crippen LogP contribution >= 0.6 is 0 Å². The highest BCUT2D eigenvalue weighted by Crippen LogP contribution is 2.20. The lowest BCUT2D eigenvalue weighted by atomic mass is 9.91. The van der Waals surface area contributed by atoms with Crippen LogP contribution in [0.5, 0.6) is 11.5 Å². The van der Waals surface area contributed by atoms with Crippen LogP contribution in [-0.4, -0.2) is 25.3 Å². The molecule has 6 nitrogen and oxygen atoms in total. The molecule has 134 valence electrons. The Bertz CT molecular complexity index is 742. The lowest BCUT2D eigenvalue weighted by Crippen LogP contribution is -2.35. The van der Waals surface area contributed by atoms with E-state index in [9.17, 15) is 9.59 Å². The number of rotatable bonds is 7. The predicted octanol–water partition coefficient (Wildman–Crippen LogP) is 3.21. The summed E-state index contributed by atoms with van der Waals surface area (Å²) in [5, 5.41) is 2.57. The maximum Gasteiger partial charge on any atom is 0.287 e. The Morgan fingerprint density at radius 3 is 2.52 bits per heavy atom. The van der Waals surface area contributed by atoms with Crippen molar-refractivity contribution in [1.82, 2.24) is 5.32 Å². The molecule has 0 saturated heterocycles. The second-order valence-electron chi connectivity index (χ2n) is 6.59. The number of hydrogen-bond donors (Lipinski definition) is 1. The Kier molecular flexibility index (Phi) is 5.85. The number of ketones is 1. The van der Waals surface area contributed by atoms with Crippen LogP contribution in [0.25, 0.3) is 0 Å². The average molecular weight is 345 g/mol. The second kappa shape index (κ2) is 7.88. The molecule has 1 heterocycles. The summed E-state index contributed by atoms with van der Waals surface area (Å²) in [4.78, 5) is 23.9. The second-order valence-corrected chi connectivity index (χ2v) is 6.59. The minimum atomic E-state index is -0.494. The predicted molar refractivity (Wildman–Crippen MR) is 92.8 cm³/mol. The topological polar surface area (TPSA) is 77.8 Å². The largest absolute Gasteiger partial charge is 0.497 e. The molecule has 0 aliphatic carbocycles. The molecule has 0 unspecified atom stereocenters. The van der Waals surface area contributed by atoms with Gasteiger partial charge in [0.1, 0.15) is 23.9 Å². The van der Waals surface area contributed by atoms with Crippen molar-refractivity contribution in [2.45, 2.75) is 27.4 Å². The summed E-state index contributed by atoms with van der Waals surface area (Å²) in [5.74, 6) is 1.51. The summed E-state index contributed by atoms with van der Waals surface area (Å²) < 4.78 is 16.2. The Labute approximate surface area is 147 Å². The molecule has 0 fully saturated rings. The Balaban J connectivity index is 1.88. The van der Waals surface area contributed by atoms with Crippen LogP contribution in [0.4, 0.5) is 0 Å². The summed E-state index contributed by atoms with van der Waals surface area (Å²) in [6.45, 7) is 5.58. The summed E-state index contributed by atoms with van der Waals surface area (Å²) in [7, 11) is 1.58. The van der Waals surface area contributed by atoms with Gasteiger partial charge in [-0.3, -0.25) is 9.59 Å². The number of Topliss-reactive ketones (excluding diaryl/α,β-unsaturated/α-hetero) is 1. The molecule has 2 rings (SSSR count). The lowest BCUT2D eigenvalue weighted by Gasteiger charge is -2.16. The molecule has 0 saturated carbocycles. The molecule has 1 aromatic heterocycles. The number of amides is 1. The lowest BCUT2D eigenvalue weighted by molar-refractivity contribution is -0.125. The molecule has 1 aromatic carbocycles. The third-order valence-electron chi connectivity index (χ3n) is 3.55. The van der Waals surface area contributed by atoms with Crippen LogP contribution in [0.3, 0.4) is 0 Å². The SMILES string of the molecule is COc1cccc(OCc2ccc(C(=O)NCC(=O)C(C)(C)C)o2)c1. The zero-order chi connectivity index (χ0) is 18.4. The first-order chi connectivity index (χ1) is 11.8. The van der Waals surface area contributed by atoms with E-state index >= 15 is 0 Å². The average Bonchev–Trinajstić information content (AvgIpc) is 3.06. The van der Waals surface area contributed by atoms with E-state index in [2.05, 4.69) is 5.32 Å². The summed E-state index contributed by atoms with van der Waals surface area (Å²) in [6.07, 6.45) is 0. The fourth-order valence-electron chi connectivity index (χ4n) is 1.94. The van der Waals surface area contributed by atoms with Gasteiger partial charge in [0.05, 0.1) is 13.7 Å². The third-order valence-corrected chi connectivity index (χ3v) is 3.55. The zero-order valence-corrected chi connectivity index (χ0v) is 14.9. The number of ether oxygens (including phenoxy) is 2. The number of carbonyl (C=O) groups excluding carboxylic acids is 2. The molecular formula is C19H23NO5. The van der Waals surface area contributed by atoms with Crippen LogP contribution in [-0.2, 0) is 11.4 Å². The van der Waals surface area contributed by atoms with E-state index in [1.54, 1.807) is 31.4 Å². The van der Waals surface area contributed by atoms with Crippen LogP contribution in [0, 0.1) is 5.41 Å². The fourth-order valence-corrected chi connectivity index (χ4v) is 1.94. The van der Waals surface area contributed by atoms with Gasteiger partial charge < -0.3 is 19.2 Å². The first-order valence-electron chi connectivity index (χ1n) is 7.96. The smallest absolute Gasteiger partial charge is 0.287 e. The van der Waals surface area contributed by atoms with E-state index in [1.807, 2.05) is 32.9 Å². The molecule has 25 heavy (non-hydrogen) atoms. The molecule has 0 spiro atoms. The van der Waals surface area contributed by atoms with Crippen molar-refractivity contribution in [2.24, 2.45) is 5.41 Å². The zero-order valence-electron chi connectivity index (χ0n) is 14.9. The molecule has 6 heteroatoms. The number of benzene rings is 1.